The molecule has 0 bridgehead atoms. The van der Waals surface area contributed by atoms with E-state index in [2.05, 4.69) is 16.4 Å². The second-order valence-electron chi connectivity index (χ2n) is 5.36. The lowest BCUT2D eigenvalue weighted by Gasteiger charge is -2.21. The van der Waals surface area contributed by atoms with E-state index in [4.69, 9.17) is 9.68 Å². The molecule has 1 unspecified atom stereocenters. The third-order valence-corrected chi connectivity index (χ3v) is 3.54. The molecule has 0 saturated heterocycles. The number of furan rings is 1. The number of hydrogen-bond donors (Lipinski definition) is 2. The van der Waals surface area contributed by atoms with Gasteiger partial charge in [0.1, 0.15) is 23.1 Å². The van der Waals surface area contributed by atoms with Crippen LogP contribution in [0.25, 0.3) is 5.65 Å². The van der Waals surface area contributed by atoms with Crippen LogP contribution >= 0.6 is 0 Å². The Hall–Kier alpha value is -2.62. The van der Waals surface area contributed by atoms with Gasteiger partial charge in [-0.1, -0.05) is 0 Å². The topological polar surface area (TPSA) is 86.5 Å². The Labute approximate surface area is 127 Å². The number of nitrogens with one attached hydrogen (secondary N) is 1. The first kappa shape index (κ1) is 14.3. The van der Waals surface area contributed by atoms with E-state index < -0.39 is 5.60 Å². The summed E-state index contributed by atoms with van der Waals surface area (Å²) in [5.74, 6) is 0.518. The van der Waals surface area contributed by atoms with Crippen molar-refractivity contribution in [1.82, 2.24) is 14.7 Å². The van der Waals surface area contributed by atoms with Crippen LogP contribution in [-0.4, -0.2) is 21.0 Å². The van der Waals surface area contributed by atoms with Crippen LogP contribution in [0.5, 0.6) is 0 Å². The summed E-state index contributed by atoms with van der Waals surface area (Å²) in [6.45, 7) is 2.56. The number of fused-ring (bicyclic) bond motifs is 1. The van der Waals surface area contributed by atoms with E-state index in [0.717, 1.165) is 11.3 Å². The van der Waals surface area contributed by atoms with E-state index in [1.165, 1.54) is 6.26 Å². The molecule has 6 heteroatoms. The Morgan fingerprint density at radius 1 is 1.45 bits per heavy atom. The Kier molecular flexibility index (Phi) is 3.67. The molecule has 0 radical (unpaired) electrons. The number of nitriles is 1. The van der Waals surface area contributed by atoms with Crippen LogP contribution in [-0.2, 0) is 12.1 Å². The number of hydrogen-bond acceptors (Lipinski definition) is 5. The summed E-state index contributed by atoms with van der Waals surface area (Å²) in [6.07, 6.45) is 5.05. The van der Waals surface area contributed by atoms with Crippen LogP contribution in [0.3, 0.4) is 0 Å². The molecule has 22 heavy (non-hydrogen) atoms. The molecule has 0 aliphatic carbocycles. The van der Waals surface area contributed by atoms with Crippen LogP contribution in [0.4, 0.5) is 0 Å². The fourth-order valence-corrected chi connectivity index (χ4v) is 2.33. The van der Waals surface area contributed by atoms with Crippen molar-refractivity contribution in [2.24, 2.45) is 0 Å². The predicted octanol–water partition coefficient (Wildman–Crippen LogP) is 1.80. The number of aromatic nitrogens is 2. The fraction of sp³-hybridized carbons (Fsp3) is 0.250. The summed E-state index contributed by atoms with van der Waals surface area (Å²) in [6, 6.07) is 9.15. The van der Waals surface area contributed by atoms with E-state index >= 15 is 0 Å². The van der Waals surface area contributed by atoms with E-state index in [-0.39, 0.29) is 0 Å². The molecule has 0 aromatic carbocycles. The highest BCUT2D eigenvalue weighted by atomic mass is 16.4. The monoisotopic (exact) mass is 296 g/mol. The molecule has 112 valence electrons. The van der Waals surface area contributed by atoms with Gasteiger partial charge in [-0.2, -0.15) is 5.26 Å². The number of pyridine rings is 1. The van der Waals surface area contributed by atoms with Gasteiger partial charge < -0.3 is 19.2 Å². The third kappa shape index (κ3) is 2.72. The van der Waals surface area contributed by atoms with Gasteiger partial charge in [-0.15, -0.1) is 0 Å². The zero-order valence-corrected chi connectivity index (χ0v) is 12.2. The summed E-state index contributed by atoms with van der Waals surface area (Å²) in [7, 11) is 0. The molecule has 3 rings (SSSR count). The molecule has 3 heterocycles. The van der Waals surface area contributed by atoms with Gasteiger partial charge in [0.25, 0.3) is 0 Å². The van der Waals surface area contributed by atoms with Crippen LogP contribution < -0.4 is 5.32 Å². The van der Waals surface area contributed by atoms with Crippen LogP contribution in [0.2, 0.25) is 0 Å². The summed E-state index contributed by atoms with van der Waals surface area (Å²) < 4.78 is 7.11. The number of rotatable bonds is 5. The molecule has 0 aliphatic heterocycles. The highest BCUT2D eigenvalue weighted by molar-refractivity contribution is 5.44. The number of aliphatic hydroxyl groups is 1. The second-order valence-corrected chi connectivity index (χ2v) is 5.36. The first-order chi connectivity index (χ1) is 10.6. The minimum absolute atomic E-state index is 0.339. The first-order valence-corrected chi connectivity index (χ1v) is 6.93. The summed E-state index contributed by atoms with van der Waals surface area (Å²) in [4.78, 5) is 4.29. The molecule has 0 amide bonds. The molecule has 0 saturated carbocycles. The molecule has 0 fully saturated rings. The molecule has 3 aromatic rings. The molecule has 3 aromatic heterocycles. The van der Waals surface area contributed by atoms with Gasteiger partial charge in [0.05, 0.1) is 23.7 Å². The lowest BCUT2D eigenvalue weighted by molar-refractivity contribution is 0.0339. The summed E-state index contributed by atoms with van der Waals surface area (Å²) >= 11 is 0. The maximum Gasteiger partial charge on any atom is 0.137 e. The Morgan fingerprint density at radius 2 is 2.32 bits per heavy atom. The largest absolute Gasteiger partial charge is 0.466 e. The third-order valence-electron chi connectivity index (χ3n) is 3.54. The summed E-state index contributed by atoms with van der Waals surface area (Å²) in [5.41, 5.74) is 1.20. The normalized spacial score (nSPS) is 13.9. The smallest absolute Gasteiger partial charge is 0.137 e. The van der Waals surface area contributed by atoms with Crippen molar-refractivity contribution >= 4 is 5.65 Å². The average Bonchev–Trinajstić information content (AvgIpc) is 3.16. The zero-order chi connectivity index (χ0) is 15.6. The molecule has 0 spiro atoms. The van der Waals surface area contributed by atoms with Crippen molar-refractivity contribution in [2.45, 2.75) is 19.1 Å². The van der Waals surface area contributed by atoms with E-state index in [1.807, 2.05) is 4.40 Å². The van der Waals surface area contributed by atoms with E-state index in [0.29, 0.717) is 24.4 Å². The fourth-order valence-electron chi connectivity index (χ4n) is 2.33. The number of nitrogens with zero attached hydrogens (tertiary/aromatic N) is 3. The van der Waals surface area contributed by atoms with Crippen LogP contribution in [0.1, 0.15) is 23.9 Å². The predicted molar refractivity (Wildman–Crippen MR) is 79.9 cm³/mol. The van der Waals surface area contributed by atoms with Gasteiger partial charge >= 0.3 is 0 Å². The van der Waals surface area contributed by atoms with Gasteiger partial charge in [0, 0.05) is 19.3 Å². The Balaban J connectivity index is 1.71. The van der Waals surface area contributed by atoms with Crippen molar-refractivity contribution in [2.75, 3.05) is 6.54 Å². The number of imidazole rings is 1. The zero-order valence-electron chi connectivity index (χ0n) is 12.2. The van der Waals surface area contributed by atoms with Crippen molar-refractivity contribution in [3.05, 3.63) is 59.9 Å². The second kappa shape index (κ2) is 5.64. The lowest BCUT2D eigenvalue weighted by atomic mass is 10.0. The maximum absolute atomic E-state index is 10.4. The molecule has 6 nitrogen and oxygen atoms in total. The Morgan fingerprint density at radius 3 is 3.05 bits per heavy atom. The quantitative estimate of drug-likeness (QED) is 0.749. The van der Waals surface area contributed by atoms with Gasteiger partial charge in [-0.25, -0.2) is 4.98 Å². The average molecular weight is 296 g/mol. The maximum atomic E-state index is 10.4. The molecular weight excluding hydrogens is 280 g/mol. The van der Waals surface area contributed by atoms with Crippen LogP contribution in [0, 0.1) is 11.3 Å². The van der Waals surface area contributed by atoms with Crippen LogP contribution in [0.15, 0.2) is 47.3 Å². The minimum Gasteiger partial charge on any atom is -0.466 e. The minimum atomic E-state index is -1.08. The molecule has 1 atom stereocenters. The van der Waals surface area contributed by atoms with Gasteiger partial charge in [-0.3, -0.25) is 0 Å². The standard InChI is InChI=1S/C16H16N4O2/c1-16(21,14-3-2-6-22-14)11-18-8-13-9-19-15-5-4-12(7-17)10-20(13)15/h2-6,9-10,18,21H,8,11H2,1H3. The van der Waals surface area contributed by atoms with Gasteiger partial charge in [-0.05, 0) is 31.2 Å². The van der Waals surface area contributed by atoms with Crippen molar-refractivity contribution in [1.29, 1.82) is 5.26 Å². The molecule has 0 aliphatic rings. The van der Waals surface area contributed by atoms with E-state index in [9.17, 15) is 5.11 Å². The van der Waals surface area contributed by atoms with Gasteiger partial charge in [0.15, 0.2) is 0 Å². The highest BCUT2D eigenvalue weighted by Gasteiger charge is 2.25. The SMILES string of the molecule is CC(O)(CNCc1cnc2ccc(C#N)cn12)c1ccco1. The van der Waals surface area contributed by atoms with Crippen molar-refractivity contribution < 1.29 is 9.52 Å². The van der Waals surface area contributed by atoms with E-state index in [1.54, 1.807) is 43.6 Å². The lowest BCUT2D eigenvalue weighted by Crippen LogP contribution is -2.35. The summed E-state index contributed by atoms with van der Waals surface area (Å²) in [5, 5.41) is 22.5. The molecular formula is C16H16N4O2. The molecule has 2 N–H and O–H groups in total. The Bertz CT molecular complexity index is 812. The van der Waals surface area contributed by atoms with Crippen molar-refractivity contribution in [3.8, 4) is 6.07 Å². The van der Waals surface area contributed by atoms with Gasteiger partial charge in [0.2, 0.25) is 0 Å². The van der Waals surface area contributed by atoms with Crippen molar-refractivity contribution in [3.63, 3.8) is 0 Å². The first-order valence-electron chi connectivity index (χ1n) is 6.93. The highest BCUT2D eigenvalue weighted by Crippen LogP contribution is 2.20.